The molecule has 3 heterocycles. The lowest BCUT2D eigenvalue weighted by Crippen LogP contribution is -2.22. The molecule has 0 bridgehead atoms. The van der Waals surface area contributed by atoms with Crippen LogP contribution >= 0.6 is 0 Å². The van der Waals surface area contributed by atoms with E-state index in [1.807, 2.05) is 31.2 Å². The van der Waals surface area contributed by atoms with Crippen LogP contribution in [0.25, 0.3) is 33.9 Å². The second-order valence-electron chi connectivity index (χ2n) is 8.68. The molecule has 0 saturated carbocycles. The standard InChI is InChI=1S/C28H23N5O5/c1-16-6-4-5-7-20(16)25-31-27(38-32-25)22-14-33(26-21(24(22)35)13-8-17(2)29-26)15-23(34)30-19-11-9-18(10-12-19)28(36)37-3/h4-14H,15H2,1-3H3,(H,30,34). The second kappa shape index (κ2) is 10.1. The van der Waals surface area contributed by atoms with E-state index in [9.17, 15) is 14.4 Å². The summed E-state index contributed by atoms with van der Waals surface area (Å²) in [6.45, 7) is 3.60. The maximum atomic E-state index is 13.4. The lowest BCUT2D eigenvalue weighted by atomic mass is 10.1. The fraction of sp³-hybridized carbons (Fsp3) is 0.143. The molecule has 0 saturated heterocycles. The molecule has 10 nitrogen and oxygen atoms in total. The highest BCUT2D eigenvalue weighted by Crippen LogP contribution is 2.24. The van der Waals surface area contributed by atoms with Gasteiger partial charge in [0, 0.05) is 23.1 Å². The summed E-state index contributed by atoms with van der Waals surface area (Å²) in [5, 5.41) is 7.18. The van der Waals surface area contributed by atoms with Crippen molar-refractivity contribution in [1.29, 1.82) is 0 Å². The number of hydrogen-bond acceptors (Lipinski definition) is 8. The molecular formula is C28H23N5O5. The first-order valence-electron chi connectivity index (χ1n) is 11.7. The van der Waals surface area contributed by atoms with E-state index in [0.29, 0.717) is 33.8 Å². The number of benzene rings is 2. The van der Waals surface area contributed by atoms with Gasteiger partial charge < -0.3 is 19.1 Å². The molecule has 5 rings (SSSR count). The van der Waals surface area contributed by atoms with Crippen LogP contribution in [0.1, 0.15) is 21.6 Å². The molecule has 10 heteroatoms. The van der Waals surface area contributed by atoms with Crippen molar-refractivity contribution in [3.8, 4) is 22.8 Å². The smallest absolute Gasteiger partial charge is 0.337 e. The number of fused-ring (bicyclic) bond motifs is 1. The highest BCUT2D eigenvalue weighted by molar-refractivity contribution is 5.93. The molecule has 190 valence electrons. The summed E-state index contributed by atoms with van der Waals surface area (Å²) in [6, 6.07) is 17.3. The SMILES string of the molecule is COC(=O)c1ccc(NC(=O)Cn2cc(-c3nc(-c4ccccc4C)no3)c(=O)c3ccc(C)nc32)cc1. The molecule has 1 N–H and O–H groups in total. The van der Waals surface area contributed by atoms with E-state index < -0.39 is 5.97 Å². The number of carbonyl (C=O) groups excluding carboxylic acids is 2. The molecule has 0 aliphatic carbocycles. The van der Waals surface area contributed by atoms with Crippen LogP contribution in [0.3, 0.4) is 0 Å². The third kappa shape index (κ3) is 4.79. The first kappa shape index (κ1) is 24.6. The zero-order valence-corrected chi connectivity index (χ0v) is 20.9. The van der Waals surface area contributed by atoms with Gasteiger partial charge in [-0.15, -0.1) is 0 Å². The lowest BCUT2D eigenvalue weighted by Gasteiger charge is -2.12. The quantitative estimate of drug-likeness (QED) is 0.338. The second-order valence-corrected chi connectivity index (χ2v) is 8.68. The van der Waals surface area contributed by atoms with Crippen LogP contribution in [0.5, 0.6) is 0 Å². The molecule has 0 aliphatic rings. The van der Waals surface area contributed by atoms with E-state index in [0.717, 1.165) is 11.1 Å². The average molecular weight is 510 g/mol. The number of anilines is 1. The van der Waals surface area contributed by atoms with Crippen molar-refractivity contribution in [3.05, 3.63) is 93.9 Å². The number of rotatable bonds is 6. The fourth-order valence-electron chi connectivity index (χ4n) is 4.06. The van der Waals surface area contributed by atoms with Gasteiger partial charge in [-0.05, 0) is 55.8 Å². The minimum atomic E-state index is -0.469. The predicted octanol–water partition coefficient (Wildman–Crippen LogP) is 4.16. The third-order valence-corrected chi connectivity index (χ3v) is 6.01. The Bertz CT molecular complexity index is 1740. The minimum Gasteiger partial charge on any atom is -0.465 e. The molecule has 5 aromatic rings. The number of pyridine rings is 2. The Morgan fingerprint density at radius 1 is 0.974 bits per heavy atom. The number of hydrogen-bond donors (Lipinski definition) is 1. The summed E-state index contributed by atoms with van der Waals surface area (Å²) in [7, 11) is 1.30. The largest absolute Gasteiger partial charge is 0.465 e. The van der Waals surface area contributed by atoms with Crippen LogP contribution in [-0.2, 0) is 16.1 Å². The van der Waals surface area contributed by atoms with Crippen molar-refractivity contribution in [2.75, 3.05) is 12.4 Å². The number of aryl methyl sites for hydroxylation is 2. The van der Waals surface area contributed by atoms with Crippen molar-refractivity contribution >= 4 is 28.6 Å². The average Bonchev–Trinajstić information content (AvgIpc) is 3.40. The number of ether oxygens (including phenoxy) is 1. The van der Waals surface area contributed by atoms with Gasteiger partial charge in [0.25, 0.3) is 5.89 Å². The topological polar surface area (TPSA) is 129 Å². The van der Waals surface area contributed by atoms with Gasteiger partial charge in [-0.2, -0.15) is 4.98 Å². The third-order valence-electron chi connectivity index (χ3n) is 6.01. The summed E-state index contributed by atoms with van der Waals surface area (Å²) in [5.41, 5.74) is 3.49. The maximum absolute atomic E-state index is 13.4. The summed E-state index contributed by atoms with van der Waals surface area (Å²) < 4.78 is 11.8. The van der Waals surface area contributed by atoms with Gasteiger partial charge in [-0.1, -0.05) is 29.4 Å². The van der Waals surface area contributed by atoms with E-state index in [1.54, 1.807) is 47.9 Å². The molecule has 3 aromatic heterocycles. The van der Waals surface area contributed by atoms with E-state index in [2.05, 4.69) is 20.4 Å². The number of esters is 1. The molecule has 0 aliphatic heterocycles. The monoisotopic (exact) mass is 509 g/mol. The Balaban J connectivity index is 1.50. The van der Waals surface area contributed by atoms with E-state index in [-0.39, 0.29) is 29.3 Å². The molecule has 0 spiro atoms. The molecule has 38 heavy (non-hydrogen) atoms. The molecular weight excluding hydrogens is 486 g/mol. The summed E-state index contributed by atoms with van der Waals surface area (Å²) >= 11 is 0. The molecule has 0 unspecified atom stereocenters. The number of nitrogens with one attached hydrogen (secondary N) is 1. The van der Waals surface area contributed by atoms with E-state index >= 15 is 0 Å². The van der Waals surface area contributed by atoms with Crippen molar-refractivity contribution in [2.24, 2.45) is 0 Å². The van der Waals surface area contributed by atoms with Crippen molar-refractivity contribution in [2.45, 2.75) is 20.4 Å². The maximum Gasteiger partial charge on any atom is 0.337 e. The van der Waals surface area contributed by atoms with Crippen LogP contribution in [-0.4, -0.2) is 38.7 Å². The zero-order chi connectivity index (χ0) is 26.8. The molecule has 1 amide bonds. The fourth-order valence-corrected chi connectivity index (χ4v) is 4.06. The van der Waals surface area contributed by atoms with Crippen LogP contribution < -0.4 is 10.7 Å². The normalized spacial score (nSPS) is 10.9. The molecule has 0 atom stereocenters. The number of methoxy groups -OCH3 is 1. The highest BCUT2D eigenvalue weighted by atomic mass is 16.5. The van der Waals surface area contributed by atoms with E-state index in [1.165, 1.54) is 13.3 Å². The number of amides is 1. The van der Waals surface area contributed by atoms with Gasteiger partial charge in [-0.25, -0.2) is 9.78 Å². The van der Waals surface area contributed by atoms with Gasteiger partial charge in [0.05, 0.1) is 18.1 Å². The Labute approximate surface area is 216 Å². The number of carbonyl (C=O) groups is 2. The van der Waals surface area contributed by atoms with Gasteiger partial charge in [0.15, 0.2) is 0 Å². The van der Waals surface area contributed by atoms with Crippen LogP contribution in [0.4, 0.5) is 5.69 Å². The van der Waals surface area contributed by atoms with Crippen molar-refractivity contribution in [1.82, 2.24) is 19.7 Å². The Morgan fingerprint density at radius 2 is 1.74 bits per heavy atom. The van der Waals surface area contributed by atoms with Crippen molar-refractivity contribution < 1.29 is 18.8 Å². The van der Waals surface area contributed by atoms with Gasteiger partial charge in [0.1, 0.15) is 17.8 Å². The van der Waals surface area contributed by atoms with E-state index in [4.69, 9.17) is 9.26 Å². The summed E-state index contributed by atoms with van der Waals surface area (Å²) in [6.07, 6.45) is 1.51. The zero-order valence-electron chi connectivity index (χ0n) is 20.9. The van der Waals surface area contributed by atoms with Crippen LogP contribution in [0.2, 0.25) is 0 Å². The summed E-state index contributed by atoms with van der Waals surface area (Å²) in [4.78, 5) is 47.0. The van der Waals surface area contributed by atoms with Crippen molar-refractivity contribution in [3.63, 3.8) is 0 Å². The molecule has 0 radical (unpaired) electrons. The van der Waals surface area contributed by atoms with Crippen LogP contribution in [0, 0.1) is 13.8 Å². The Morgan fingerprint density at radius 3 is 2.47 bits per heavy atom. The molecule has 0 fully saturated rings. The highest BCUT2D eigenvalue weighted by Gasteiger charge is 2.20. The van der Waals surface area contributed by atoms with Gasteiger partial charge in [0.2, 0.25) is 17.2 Å². The Hall–Kier alpha value is -5.12. The Kier molecular flexibility index (Phi) is 6.53. The van der Waals surface area contributed by atoms with Crippen LogP contribution in [0.15, 0.2) is 76.2 Å². The first-order valence-corrected chi connectivity index (χ1v) is 11.7. The van der Waals surface area contributed by atoms with Gasteiger partial charge in [-0.3, -0.25) is 9.59 Å². The summed E-state index contributed by atoms with van der Waals surface area (Å²) in [5.74, 6) is -0.424. The number of nitrogens with zero attached hydrogens (tertiary/aromatic N) is 4. The number of aromatic nitrogens is 4. The minimum absolute atomic E-state index is 0.0447. The first-order chi connectivity index (χ1) is 18.3. The van der Waals surface area contributed by atoms with Gasteiger partial charge >= 0.3 is 5.97 Å². The predicted molar refractivity (Wildman–Crippen MR) is 141 cm³/mol. The molecule has 2 aromatic carbocycles. The lowest BCUT2D eigenvalue weighted by molar-refractivity contribution is -0.116.